The molecule has 5 heteroatoms. The Morgan fingerprint density at radius 1 is 1.29 bits per heavy atom. The number of aliphatic hydroxyl groups excluding tert-OH is 1. The van der Waals surface area contributed by atoms with Gasteiger partial charge in [0, 0.05) is 6.54 Å². The van der Waals surface area contributed by atoms with Crippen molar-refractivity contribution in [3.8, 4) is 0 Å². The van der Waals surface area contributed by atoms with Crippen LogP contribution in [0.1, 0.15) is 5.56 Å². The van der Waals surface area contributed by atoms with Gasteiger partial charge in [0.1, 0.15) is 6.04 Å². The molecule has 17 heavy (non-hydrogen) atoms. The van der Waals surface area contributed by atoms with Crippen LogP contribution in [-0.4, -0.2) is 41.0 Å². The third-order valence-corrected chi connectivity index (χ3v) is 2.68. The molecule has 1 unspecified atom stereocenters. The number of hydrogen-bond acceptors (Lipinski definition) is 3. The zero-order valence-electron chi connectivity index (χ0n) is 9.30. The highest BCUT2D eigenvalue weighted by molar-refractivity contribution is 5.94. The Labute approximate surface area is 99.0 Å². The minimum Gasteiger partial charge on any atom is -0.394 e. The second-order valence-corrected chi connectivity index (χ2v) is 3.98. The summed E-state index contributed by atoms with van der Waals surface area (Å²) in [4.78, 5) is 24.7. The minimum atomic E-state index is -0.806. The van der Waals surface area contributed by atoms with Gasteiger partial charge in [0.2, 0.25) is 11.8 Å². The van der Waals surface area contributed by atoms with E-state index in [4.69, 9.17) is 5.11 Å². The van der Waals surface area contributed by atoms with Crippen molar-refractivity contribution in [2.45, 2.75) is 12.6 Å². The molecule has 90 valence electrons. The van der Waals surface area contributed by atoms with E-state index in [1.165, 1.54) is 4.90 Å². The largest absolute Gasteiger partial charge is 0.394 e. The first kappa shape index (κ1) is 11.6. The minimum absolute atomic E-state index is 0.0459. The normalized spacial score (nSPS) is 20.3. The maximum absolute atomic E-state index is 11.9. The molecule has 1 aromatic carbocycles. The van der Waals surface area contributed by atoms with Crippen LogP contribution in [0.25, 0.3) is 0 Å². The summed E-state index contributed by atoms with van der Waals surface area (Å²) >= 11 is 0. The van der Waals surface area contributed by atoms with Crippen molar-refractivity contribution < 1.29 is 14.7 Å². The van der Waals surface area contributed by atoms with Gasteiger partial charge < -0.3 is 15.3 Å². The Morgan fingerprint density at radius 3 is 2.65 bits per heavy atom. The van der Waals surface area contributed by atoms with Crippen LogP contribution >= 0.6 is 0 Å². The zero-order valence-corrected chi connectivity index (χ0v) is 9.30. The molecule has 2 N–H and O–H groups in total. The van der Waals surface area contributed by atoms with Crippen molar-refractivity contribution in [1.29, 1.82) is 0 Å². The summed E-state index contributed by atoms with van der Waals surface area (Å²) in [5.41, 5.74) is 0.965. The molecule has 0 spiro atoms. The van der Waals surface area contributed by atoms with Crippen molar-refractivity contribution in [1.82, 2.24) is 10.2 Å². The monoisotopic (exact) mass is 234 g/mol. The first-order valence-electron chi connectivity index (χ1n) is 5.43. The standard InChI is InChI=1S/C12H14N2O3/c15-8-10-12(17)14(7-11(16)13-10)6-9-4-2-1-3-5-9/h1-5,10,15H,6-8H2,(H,13,16). The second kappa shape index (κ2) is 4.97. The van der Waals surface area contributed by atoms with Crippen LogP contribution in [-0.2, 0) is 16.1 Å². The molecule has 1 saturated heterocycles. The number of nitrogens with one attached hydrogen (secondary N) is 1. The third kappa shape index (κ3) is 2.62. The summed E-state index contributed by atoms with van der Waals surface area (Å²) in [6.45, 7) is 0.0731. The Morgan fingerprint density at radius 2 is 2.00 bits per heavy atom. The van der Waals surface area contributed by atoms with Gasteiger partial charge >= 0.3 is 0 Å². The number of piperazine rings is 1. The number of benzene rings is 1. The van der Waals surface area contributed by atoms with E-state index in [2.05, 4.69) is 5.32 Å². The molecule has 0 aromatic heterocycles. The molecule has 1 aliphatic rings. The molecule has 5 nitrogen and oxygen atoms in total. The Kier molecular flexibility index (Phi) is 3.39. The lowest BCUT2D eigenvalue weighted by molar-refractivity contribution is -0.145. The molecule has 1 aromatic rings. The molecule has 0 radical (unpaired) electrons. The fourth-order valence-corrected chi connectivity index (χ4v) is 1.83. The van der Waals surface area contributed by atoms with Crippen molar-refractivity contribution in [3.63, 3.8) is 0 Å². The predicted octanol–water partition coefficient (Wildman–Crippen LogP) is -0.494. The van der Waals surface area contributed by atoms with Crippen molar-refractivity contribution in [3.05, 3.63) is 35.9 Å². The number of nitrogens with zero attached hydrogens (tertiary/aromatic N) is 1. The van der Waals surface area contributed by atoms with Gasteiger partial charge in [-0.2, -0.15) is 0 Å². The summed E-state index contributed by atoms with van der Waals surface area (Å²) in [5, 5.41) is 11.5. The second-order valence-electron chi connectivity index (χ2n) is 3.98. The molecule has 1 atom stereocenters. The van der Waals surface area contributed by atoms with Gasteiger partial charge in [0.25, 0.3) is 0 Å². The van der Waals surface area contributed by atoms with Crippen molar-refractivity contribution in [2.24, 2.45) is 0 Å². The molecular weight excluding hydrogens is 220 g/mol. The third-order valence-electron chi connectivity index (χ3n) is 2.68. The van der Waals surface area contributed by atoms with E-state index in [0.717, 1.165) is 5.56 Å². The van der Waals surface area contributed by atoms with E-state index in [1.54, 1.807) is 0 Å². The molecule has 2 rings (SSSR count). The van der Waals surface area contributed by atoms with Gasteiger partial charge in [0.05, 0.1) is 13.2 Å². The molecular formula is C12H14N2O3. The van der Waals surface area contributed by atoms with Gasteiger partial charge in [-0.15, -0.1) is 0 Å². The van der Waals surface area contributed by atoms with Crippen LogP contribution < -0.4 is 5.32 Å². The van der Waals surface area contributed by atoms with Gasteiger partial charge in [0.15, 0.2) is 0 Å². The Balaban J connectivity index is 2.09. The molecule has 0 aliphatic carbocycles. The number of hydrogen-bond donors (Lipinski definition) is 2. The lowest BCUT2D eigenvalue weighted by Gasteiger charge is -2.31. The van der Waals surface area contributed by atoms with Crippen LogP contribution in [0, 0.1) is 0 Å². The van der Waals surface area contributed by atoms with Crippen LogP contribution in [0.2, 0.25) is 0 Å². The van der Waals surface area contributed by atoms with Gasteiger partial charge in [-0.25, -0.2) is 0 Å². The summed E-state index contributed by atoms with van der Waals surface area (Å²) in [6.07, 6.45) is 0. The summed E-state index contributed by atoms with van der Waals surface area (Å²) < 4.78 is 0. The lowest BCUT2D eigenvalue weighted by atomic mass is 10.1. The summed E-state index contributed by atoms with van der Waals surface area (Å²) in [7, 11) is 0. The number of carbonyl (C=O) groups excluding carboxylic acids is 2. The number of rotatable bonds is 3. The van der Waals surface area contributed by atoms with E-state index in [-0.39, 0.29) is 25.0 Å². The van der Waals surface area contributed by atoms with E-state index >= 15 is 0 Å². The maximum atomic E-state index is 11.9. The van der Waals surface area contributed by atoms with Gasteiger partial charge in [-0.05, 0) is 5.56 Å². The number of aliphatic hydroxyl groups is 1. The fraction of sp³-hybridized carbons (Fsp3) is 0.333. The first-order chi connectivity index (χ1) is 8.20. The quantitative estimate of drug-likeness (QED) is 0.741. The van der Waals surface area contributed by atoms with E-state index in [9.17, 15) is 9.59 Å². The zero-order chi connectivity index (χ0) is 12.3. The number of carbonyl (C=O) groups is 2. The average Bonchev–Trinajstić information content (AvgIpc) is 2.34. The molecule has 1 heterocycles. The molecule has 2 amide bonds. The van der Waals surface area contributed by atoms with Crippen molar-refractivity contribution in [2.75, 3.05) is 13.2 Å². The SMILES string of the molecule is O=C1CN(Cc2ccccc2)C(=O)C(CO)N1. The smallest absolute Gasteiger partial charge is 0.248 e. The summed E-state index contributed by atoms with van der Waals surface area (Å²) in [6, 6.07) is 8.65. The van der Waals surface area contributed by atoms with Gasteiger partial charge in [-0.1, -0.05) is 30.3 Å². The van der Waals surface area contributed by atoms with Crippen LogP contribution in [0.5, 0.6) is 0 Å². The average molecular weight is 234 g/mol. The molecule has 0 bridgehead atoms. The first-order valence-corrected chi connectivity index (χ1v) is 5.43. The fourth-order valence-electron chi connectivity index (χ4n) is 1.83. The molecule has 0 saturated carbocycles. The van der Waals surface area contributed by atoms with Crippen LogP contribution in [0.15, 0.2) is 30.3 Å². The highest BCUT2D eigenvalue weighted by atomic mass is 16.3. The highest BCUT2D eigenvalue weighted by Crippen LogP contribution is 2.09. The highest BCUT2D eigenvalue weighted by Gasteiger charge is 2.31. The van der Waals surface area contributed by atoms with Crippen LogP contribution in [0.4, 0.5) is 0 Å². The molecule has 1 fully saturated rings. The van der Waals surface area contributed by atoms with Crippen molar-refractivity contribution >= 4 is 11.8 Å². The predicted molar refractivity (Wildman–Crippen MR) is 60.9 cm³/mol. The topological polar surface area (TPSA) is 69.6 Å². The van der Waals surface area contributed by atoms with E-state index < -0.39 is 6.04 Å². The van der Waals surface area contributed by atoms with E-state index in [1.807, 2.05) is 30.3 Å². The lowest BCUT2D eigenvalue weighted by Crippen LogP contribution is -2.58. The van der Waals surface area contributed by atoms with Gasteiger partial charge in [-0.3, -0.25) is 9.59 Å². The van der Waals surface area contributed by atoms with E-state index in [0.29, 0.717) is 6.54 Å². The maximum Gasteiger partial charge on any atom is 0.248 e. The molecule has 1 aliphatic heterocycles. The Hall–Kier alpha value is -1.88. The summed E-state index contributed by atoms with van der Waals surface area (Å²) in [5.74, 6) is -0.476. The Bertz CT molecular complexity index is 419. The van der Waals surface area contributed by atoms with Crippen LogP contribution in [0.3, 0.4) is 0 Å². The number of amides is 2.